The zero-order chi connectivity index (χ0) is 37.0. The third-order valence-corrected chi connectivity index (χ3v) is 9.69. The monoisotopic (exact) mass is 710 g/mol. The summed E-state index contributed by atoms with van der Waals surface area (Å²) in [4.78, 5) is 25.5. The van der Waals surface area contributed by atoms with E-state index in [9.17, 15) is 9.59 Å². The summed E-state index contributed by atoms with van der Waals surface area (Å²) < 4.78 is 23.3. The molecule has 0 bridgehead atoms. The van der Waals surface area contributed by atoms with Crippen LogP contribution in [0.3, 0.4) is 0 Å². The molecule has 8 rings (SSSR count). The molecular formula is C48H38O6. The highest BCUT2D eigenvalue weighted by Crippen LogP contribution is 2.49. The first-order valence-corrected chi connectivity index (χ1v) is 18.2. The Hall–Kier alpha value is -6.66. The fraction of sp³-hybridized carbons (Fsp3) is 0.125. The number of esters is 2. The number of ether oxygens (including phenoxy) is 4. The quantitative estimate of drug-likeness (QED) is 0.0983. The predicted molar refractivity (Wildman–Crippen MR) is 217 cm³/mol. The zero-order valence-corrected chi connectivity index (χ0v) is 30.1. The molecule has 0 unspecified atom stereocenters. The van der Waals surface area contributed by atoms with Gasteiger partial charge in [-0.25, -0.2) is 9.59 Å². The van der Waals surface area contributed by atoms with Gasteiger partial charge in [0.05, 0.1) is 13.2 Å². The molecule has 6 heteroatoms. The van der Waals surface area contributed by atoms with Crippen LogP contribution in [0.15, 0.2) is 146 Å². The van der Waals surface area contributed by atoms with Gasteiger partial charge in [0.15, 0.2) is 13.2 Å². The van der Waals surface area contributed by atoms with Crippen molar-refractivity contribution in [3.05, 3.63) is 146 Å². The maximum Gasteiger partial charge on any atom is 0.344 e. The van der Waals surface area contributed by atoms with Crippen molar-refractivity contribution in [1.82, 2.24) is 0 Å². The molecule has 0 aliphatic rings. The highest BCUT2D eigenvalue weighted by Gasteiger charge is 2.23. The van der Waals surface area contributed by atoms with Gasteiger partial charge in [-0.3, -0.25) is 0 Å². The summed E-state index contributed by atoms with van der Waals surface area (Å²) in [5.41, 5.74) is 5.94. The van der Waals surface area contributed by atoms with Gasteiger partial charge in [0.1, 0.15) is 11.5 Å². The number of fused-ring (bicyclic) bond motifs is 6. The van der Waals surface area contributed by atoms with Crippen LogP contribution in [0.2, 0.25) is 0 Å². The third-order valence-electron chi connectivity index (χ3n) is 9.69. The average molecular weight is 711 g/mol. The van der Waals surface area contributed by atoms with Crippen molar-refractivity contribution in [3.8, 4) is 44.9 Å². The molecule has 8 aromatic rings. The predicted octanol–water partition coefficient (Wildman–Crippen LogP) is 11.2. The van der Waals surface area contributed by atoms with Crippen LogP contribution in [0.1, 0.15) is 13.8 Å². The summed E-state index contributed by atoms with van der Waals surface area (Å²) in [6.45, 7) is 3.47. The Morgan fingerprint density at radius 1 is 0.426 bits per heavy atom. The smallest absolute Gasteiger partial charge is 0.344 e. The second-order valence-corrected chi connectivity index (χ2v) is 13.0. The highest BCUT2D eigenvalue weighted by atomic mass is 16.6. The third kappa shape index (κ3) is 6.70. The summed E-state index contributed by atoms with van der Waals surface area (Å²) in [6.07, 6.45) is 0. The minimum Gasteiger partial charge on any atom is -0.481 e. The largest absolute Gasteiger partial charge is 0.481 e. The highest BCUT2D eigenvalue weighted by molar-refractivity contribution is 6.23. The van der Waals surface area contributed by atoms with Gasteiger partial charge in [-0.15, -0.1) is 0 Å². The van der Waals surface area contributed by atoms with E-state index >= 15 is 0 Å². The van der Waals surface area contributed by atoms with Crippen molar-refractivity contribution >= 4 is 55.0 Å². The van der Waals surface area contributed by atoms with Crippen LogP contribution in [0.25, 0.3) is 76.5 Å². The average Bonchev–Trinajstić information content (AvgIpc) is 3.22. The van der Waals surface area contributed by atoms with Crippen molar-refractivity contribution in [2.75, 3.05) is 26.4 Å². The number of carbonyl (C=O) groups is 2. The van der Waals surface area contributed by atoms with Gasteiger partial charge in [-0.2, -0.15) is 0 Å². The van der Waals surface area contributed by atoms with E-state index in [0.717, 1.165) is 76.5 Å². The minimum atomic E-state index is -0.468. The van der Waals surface area contributed by atoms with Crippen molar-refractivity contribution < 1.29 is 28.5 Å². The van der Waals surface area contributed by atoms with Crippen molar-refractivity contribution in [2.45, 2.75) is 13.8 Å². The van der Waals surface area contributed by atoms with Crippen LogP contribution >= 0.6 is 0 Å². The fourth-order valence-electron chi connectivity index (χ4n) is 7.31. The fourth-order valence-corrected chi connectivity index (χ4v) is 7.31. The lowest BCUT2D eigenvalue weighted by atomic mass is 9.87. The van der Waals surface area contributed by atoms with Crippen LogP contribution in [-0.2, 0) is 19.1 Å². The van der Waals surface area contributed by atoms with E-state index in [0.29, 0.717) is 11.5 Å². The summed E-state index contributed by atoms with van der Waals surface area (Å²) in [5.74, 6) is 0.0392. The number of benzene rings is 8. The zero-order valence-electron chi connectivity index (χ0n) is 30.1. The summed E-state index contributed by atoms with van der Waals surface area (Å²) in [6, 6.07) is 49.9. The van der Waals surface area contributed by atoms with Gasteiger partial charge in [-0.05, 0) is 92.7 Å². The lowest BCUT2D eigenvalue weighted by Gasteiger charge is -2.21. The molecule has 0 saturated carbocycles. The second-order valence-electron chi connectivity index (χ2n) is 13.0. The van der Waals surface area contributed by atoms with Crippen LogP contribution in [0, 0.1) is 0 Å². The Bertz CT molecular complexity index is 2480. The van der Waals surface area contributed by atoms with E-state index in [-0.39, 0.29) is 26.4 Å². The molecule has 6 nitrogen and oxygen atoms in total. The van der Waals surface area contributed by atoms with E-state index < -0.39 is 11.9 Å². The first kappa shape index (κ1) is 34.4. The Kier molecular flexibility index (Phi) is 9.65. The second kappa shape index (κ2) is 15.1. The lowest BCUT2D eigenvalue weighted by Crippen LogP contribution is -2.16. The van der Waals surface area contributed by atoms with E-state index in [1.54, 1.807) is 13.8 Å². The molecule has 0 spiro atoms. The first-order valence-electron chi connectivity index (χ1n) is 18.2. The van der Waals surface area contributed by atoms with Crippen molar-refractivity contribution in [1.29, 1.82) is 0 Å². The SMILES string of the molecule is CCOC(=O)COc1ccc2ccc3cc(-c4ccccc4)ccc3c2c1-c1c(OCC(=O)OCC)ccc2ccc3cc(-c4ccccc4)ccc3c12. The number of hydrogen-bond donors (Lipinski definition) is 0. The molecule has 0 saturated heterocycles. The lowest BCUT2D eigenvalue weighted by molar-refractivity contribution is -0.146. The molecule has 0 fully saturated rings. The van der Waals surface area contributed by atoms with Gasteiger partial charge in [-0.1, -0.05) is 121 Å². The summed E-state index contributed by atoms with van der Waals surface area (Å²) >= 11 is 0. The van der Waals surface area contributed by atoms with Crippen LogP contribution in [-0.4, -0.2) is 38.4 Å². The molecule has 0 aliphatic carbocycles. The van der Waals surface area contributed by atoms with E-state index in [1.807, 2.05) is 60.7 Å². The molecule has 0 heterocycles. The van der Waals surface area contributed by atoms with E-state index in [4.69, 9.17) is 18.9 Å². The molecule has 0 radical (unpaired) electrons. The molecule has 0 aliphatic heterocycles. The molecule has 0 N–H and O–H groups in total. The van der Waals surface area contributed by atoms with Crippen molar-refractivity contribution in [2.24, 2.45) is 0 Å². The molecule has 54 heavy (non-hydrogen) atoms. The van der Waals surface area contributed by atoms with Gasteiger partial charge >= 0.3 is 11.9 Å². The molecule has 0 atom stereocenters. The Balaban J connectivity index is 1.45. The number of carbonyl (C=O) groups excluding carboxylic acids is 2. The topological polar surface area (TPSA) is 71.1 Å². The van der Waals surface area contributed by atoms with Gasteiger partial charge in [0.25, 0.3) is 0 Å². The molecule has 0 aromatic heterocycles. The Morgan fingerprint density at radius 2 is 0.815 bits per heavy atom. The number of hydrogen-bond acceptors (Lipinski definition) is 6. The van der Waals surface area contributed by atoms with E-state index in [1.165, 1.54) is 0 Å². The summed E-state index contributed by atoms with van der Waals surface area (Å²) in [7, 11) is 0. The molecule has 266 valence electrons. The van der Waals surface area contributed by atoms with Gasteiger partial charge < -0.3 is 18.9 Å². The molecular weight excluding hydrogens is 673 g/mol. The van der Waals surface area contributed by atoms with Gasteiger partial charge in [0.2, 0.25) is 0 Å². The Morgan fingerprint density at radius 3 is 1.22 bits per heavy atom. The normalized spacial score (nSPS) is 11.2. The van der Waals surface area contributed by atoms with E-state index in [2.05, 4.69) is 84.9 Å². The van der Waals surface area contributed by atoms with Crippen LogP contribution in [0.5, 0.6) is 11.5 Å². The minimum absolute atomic E-state index is 0.243. The van der Waals surface area contributed by atoms with Crippen molar-refractivity contribution in [3.63, 3.8) is 0 Å². The summed E-state index contributed by atoms with van der Waals surface area (Å²) in [5, 5.41) is 7.91. The maximum atomic E-state index is 12.7. The van der Waals surface area contributed by atoms with Gasteiger partial charge in [0, 0.05) is 21.9 Å². The first-order chi connectivity index (χ1) is 26.5. The van der Waals surface area contributed by atoms with Crippen LogP contribution in [0.4, 0.5) is 0 Å². The van der Waals surface area contributed by atoms with Crippen LogP contribution < -0.4 is 9.47 Å². The Labute approximate surface area is 313 Å². The number of rotatable bonds is 11. The standard InChI is InChI=1S/C48H38O6/c1-3-51-43(49)29-53-41-25-21-33-15-17-37-27-35(31-11-7-5-8-12-31)19-23-39(37)45(33)47(41)48-42(54-30-44(50)52-4-2)26-22-34-16-18-38-28-36(20-24-40(38)46(34)48)32-13-9-6-10-14-32/h5-28H,3-4,29-30H2,1-2H3. The maximum absolute atomic E-state index is 12.7. The molecule has 0 amide bonds. The molecule has 8 aromatic carbocycles.